The van der Waals surface area contributed by atoms with Crippen LogP contribution in [-0.4, -0.2) is 20.5 Å². The molecule has 0 spiro atoms. The van der Waals surface area contributed by atoms with Crippen LogP contribution < -0.4 is 5.32 Å². The van der Waals surface area contributed by atoms with Gasteiger partial charge in [-0.05, 0) is 30.0 Å². The topological polar surface area (TPSA) is 59.8 Å². The number of anilines is 1. The predicted molar refractivity (Wildman–Crippen MR) is 115 cm³/mol. The summed E-state index contributed by atoms with van der Waals surface area (Å²) in [5, 5.41) is 8.92. The van der Waals surface area contributed by atoms with E-state index in [0.717, 1.165) is 34.2 Å². The van der Waals surface area contributed by atoms with Crippen molar-refractivity contribution in [3.05, 3.63) is 83.1 Å². The molecular weight excluding hydrogens is 380 g/mol. The van der Waals surface area contributed by atoms with Gasteiger partial charge in [-0.15, -0.1) is 5.10 Å². The number of nitrogens with one attached hydrogen (secondary N) is 1. The Morgan fingerprint density at radius 2 is 1.93 bits per heavy atom. The molecule has 2 aliphatic rings. The zero-order valence-corrected chi connectivity index (χ0v) is 17.0. The third-order valence-corrected chi connectivity index (χ3v) is 6.51. The maximum atomic E-state index is 12.9. The third kappa shape index (κ3) is 3.38. The summed E-state index contributed by atoms with van der Waals surface area (Å²) in [7, 11) is 0. The molecule has 0 radical (unpaired) electrons. The van der Waals surface area contributed by atoms with Gasteiger partial charge in [0.2, 0.25) is 11.1 Å². The number of aryl methyl sites for hydroxylation is 1. The van der Waals surface area contributed by atoms with Crippen molar-refractivity contribution < 1.29 is 4.79 Å². The van der Waals surface area contributed by atoms with Crippen LogP contribution in [0.2, 0.25) is 0 Å². The third-order valence-electron chi connectivity index (χ3n) is 5.60. The van der Waals surface area contributed by atoms with E-state index in [1.807, 2.05) is 35.0 Å². The number of hydrogen-bond acceptors (Lipinski definition) is 5. The summed E-state index contributed by atoms with van der Waals surface area (Å²) in [5.74, 6) is 1.56. The molecular formula is C23H22N4OS. The Morgan fingerprint density at radius 1 is 1.14 bits per heavy atom. The fourth-order valence-electron chi connectivity index (χ4n) is 4.17. The van der Waals surface area contributed by atoms with Gasteiger partial charge in [-0.2, -0.15) is 4.98 Å². The highest BCUT2D eigenvalue weighted by molar-refractivity contribution is 7.98. The van der Waals surface area contributed by atoms with Crippen molar-refractivity contribution >= 4 is 23.5 Å². The van der Waals surface area contributed by atoms with E-state index >= 15 is 0 Å². The lowest BCUT2D eigenvalue weighted by Gasteiger charge is -2.36. The molecule has 1 aliphatic carbocycles. The Balaban J connectivity index is 1.54. The second-order valence-corrected chi connectivity index (χ2v) is 8.45. The minimum absolute atomic E-state index is 0.162. The largest absolute Gasteiger partial charge is 0.328 e. The molecule has 5 rings (SSSR count). The zero-order chi connectivity index (χ0) is 19.8. The summed E-state index contributed by atoms with van der Waals surface area (Å²) in [5.41, 5.74) is 4.50. The Labute approximate surface area is 174 Å². The molecule has 1 aromatic heterocycles. The second kappa shape index (κ2) is 7.52. The van der Waals surface area contributed by atoms with Crippen LogP contribution in [0, 0.1) is 12.8 Å². The van der Waals surface area contributed by atoms with Gasteiger partial charge in [0.05, 0.1) is 12.0 Å². The Kier molecular flexibility index (Phi) is 4.72. The fraction of sp³-hybridized carbons (Fsp3) is 0.261. The molecule has 146 valence electrons. The summed E-state index contributed by atoms with van der Waals surface area (Å²) in [6.07, 6.45) is 3.51. The number of benzene rings is 2. The standard InChI is InChI=1S/C23H22N4OS/c1-15-8-5-6-11-17(15)21-20-18(12-7-13-19(20)28)24-22-25-23(26-27(21)22)29-14-16-9-3-2-4-10-16/h2-6,8-12,20-21H,7,13-14H2,1H3,(H,24,25,26)/t20-,21-/m1/s1. The van der Waals surface area contributed by atoms with Crippen molar-refractivity contribution in [3.63, 3.8) is 0 Å². The van der Waals surface area contributed by atoms with Crippen LogP contribution >= 0.6 is 11.8 Å². The number of rotatable bonds is 4. The lowest BCUT2D eigenvalue weighted by molar-refractivity contribution is -0.123. The van der Waals surface area contributed by atoms with Crippen molar-refractivity contribution in [2.45, 2.75) is 36.7 Å². The van der Waals surface area contributed by atoms with Gasteiger partial charge in [0.25, 0.3) is 0 Å². The molecule has 2 heterocycles. The zero-order valence-electron chi connectivity index (χ0n) is 16.2. The molecule has 1 N–H and O–H groups in total. The number of allylic oxidation sites excluding steroid dienone is 2. The van der Waals surface area contributed by atoms with Gasteiger partial charge in [-0.25, -0.2) is 4.68 Å². The number of nitrogens with zero attached hydrogens (tertiary/aromatic N) is 3. The maximum Gasteiger partial charge on any atom is 0.227 e. The van der Waals surface area contributed by atoms with Crippen LogP contribution in [0.25, 0.3) is 0 Å². The average molecular weight is 403 g/mol. The van der Waals surface area contributed by atoms with Crippen molar-refractivity contribution in [2.24, 2.45) is 5.92 Å². The van der Waals surface area contributed by atoms with Gasteiger partial charge in [0, 0.05) is 17.9 Å². The number of aromatic nitrogens is 3. The summed E-state index contributed by atoms with van der Waals surface area (Å²) in [6, 6.07) is 18.4. The van der Waals surface area contributed by atoms with E-state index < -0.39 is 0 Å². The van der Waals surface area contributed by atoms with E-state index in [0.29, 0.717) is 12.4 Å². The highest BCUT2D eigenvalue weighted by Gasteiger charge is 2.42. The quantitative estimate of drug-likeness (QED) is 0.638. The highest BCUT2D eigenvalue weighted by Crippen LogP contribution is 2.42. The molecule has 0 amide bonds. The molecule has 0 saturated heterocycles. The lowest BCUT2D eigenvalue weighted by Crippen LogP contribution is -2.39. The summed E-state index contributed by atoms with van der Waals surface area (Å²) in [6.45, 7) is 2.09. The first-order chi connectivity index (χ1) is 14.2. The van der Waals surface area contributed by atoms with Gasteiger partial charge in [-0.3, -0.25) is 4.79 Å². The Morgan fingerprint density at radius 3 is 2.76 bits per heavy atom. The normalized spacial score (nSPS) is 20.4. The van der Waals surface area contributed by atoms with Gasteiger partial charge in [0.1, 0.15) is 5.78 Å². The van der Waals surface area contributed by atoms with Crippen LogP contribution in [0.3, 0.4) is 0 Å². The van der Waals surface area contributed by atoms with Gasteiger partial charge in [-0.1, -0.05) is 72.4 Å². The first kappa shape index (κ1) is 18.2. The fourth-order valence-corrected chi connectivity index (χ4v) is 4.95. The van der Waals surface area contributed by atoms with Gasteiger partial charge in [0.15, 0.2) is 0 Å². The van der Waals surface area contributed by atoms with E-state index in [4.69, 9.17) is 10.1 Å². The molecule has 29 heavy (non-hydrogen) atoms. The minimum atomic E-state index is -0.231. The monoisotopic (exact) mass is 402 g/mol. The molecule has 0 fully saturated rings. The number of fused-ring (bicyclic) bond motifs is 2. The lowest BCUT2D eigenvalue weighted by atomic mass is 9.80. The number of hydrogen-bond donors (Lipinski definition) is 1. The summed E-state index contributed by atoms with van der Waals surface area (Å²) >= 11 is 1.62. The summed E-state index contributed by atoms with van der Waals surface area (Å²) in [4.78, 5) is 17.6. The van der Waals surface area contributed by atoms with Gasteiger partial charge >= 0.3 is 0 Å². The van der Waals surface area contributed by atoms with E-state index in [1.165, 1.54) is 5.56 Å². The van der Waals surface area contributed by atoms with Crippen molar-refractivity contribution in [1.29, 1.82) is 0 Å². The molecule has 3 aromatic rings. The highest BCUT2D eigenvalue weighted by atomic mass is 32.2. The number of ketones is 1. The van der Waals surface area contributed by atoms with Crippen LogP contribution in [0.4, 0.5) is 5.95 Å². The molecule has 5 nitrogen and oxygen atoms in total. The van der Waals surface area contributed by atoms with Crippen molar-refractivity contribution in [1.82, 2.24) is 14.8 Å². The number of thioether (sulfide) groups is 1. The summed E-state index contributed by atoms with van der Waals surface area (Å²) < 4.78 is 1.92. The smallest absolute Gasteiger partial charge is 0.227 e. The number of carbonyl (C=O) groups excluding carboxylic acids is 1. The maximum absolute atomic E-state index is 12.9. The number of Topliss-reactive ketones (excluding diaryl/α,β-unsaturated/α-hetero) is 1. The first-order valence-corrected chi connectivity index (χ1v) is 10.9. The molecule has 6 heteroatoms. The van der Waals surface area contributed by atoms with E-state index in [1.54, 1.807) is 11.8 Å². The molecule has 0 bridgehead atoms. The molecule has 2 atom stereocenters. The van der Waals surface area contributed by atoms with E-state index in [-0.39, 0.29) is 17.7 Å². The van der Waals surface area contributed by atoms with E-state index in [2.05, 4.69) is 42.6 Å². The molecule has 1 aliphatic heterocycles. The second-order valence-electron chi connectivity index (χ2n) is 7.51. The SMILES string of the molecule is Cc1ccccc1[C@@H]1[C@H]2C(=O)CCC=C2Nc2nc(SCc3ccccc3)nn21. The first-order valence-electron chi connectivity index (χ1n) is 9.89. The van der Waals surface area contributed by atoms with Crippen molar-refractivity contribution in [2.75, 3.05) is 5.32 Å². The average Bonchev–Trinajstić information content (AvgIpc) is 3.15. The van der Waals surface area contributed by atoms with Crippen LogP contribution in [0.15, 0.2) is 71.5 Å². The Hall–Kier alpha value is -2.86. The molecule has 0 unspecified atom stereocenters. The molecule has 2 aromatic carbocycles. The predicted octanol–water partition coefficient (Wildman–Crippen LogP) is 4.76. The van der Waals surface area contributed by atoms with Crippen LogP contribution in [0.5, 0.6) is 0 Å². The van der Waals surface area contributed by atoms with Crippen LogP contribution in [-0.2, 0) is 10.5 Å². The van der Waals surface area contributed by atoms with E-state index in [9.17, 15) is 4.79 Å². The van der Waals surface area contributed by atoms with Gasteiger partial charge < -0.3 is 5.32 Å². The Bertz CT molecular complexity index is 1090. The number of carbonyl (C=O) groups is 1. The minimum Gasteiger partial charge on any atom is -0.328 e. The molecule has 0 saturated carbocycles. The van der Waals surface area contributed by atoms with Crippen molar-refractivity contribution in [3.8, 4) is 0 Å². The van der Waals surface area contributed by atoms with Crippen LogP contribution in [0.1, 0.15) is 35.6 Å².